The SMILES string of the molecule is CCOc1ccc(C(=O)c2sc3ccccc3c2OCCN2CCCC2)cc1.Cl. The Hall–Kier alpha value is -2.08. The molecule has 4 nitrogen and oxygen atoms in total. The third kappa shape index (κ3) is 4.92. The normalized spacial score (nSPS) is 14.0. The van der Waals surface area contributed by atoms with Gasteiger partial charge in [-0.25, -0.2) is 0 Å². The minimum absolute atomic E-state index is 0. The highest BCUT2D eigenvalue weighted by molar-refractivity contribution is 7.21. The van der Waals surface area contributed by atoms with Crippen LogP contribution < -0.4 is 9.47 Å². The van der Waals surface area contributed by atoms with Crippen molar-refractivity contribution in [3.8, 4) is 11.5 Å². The molecular formula is C23H26ClNO3S. The molecule has 1 saturated heterocycles. The van der Waals surface area contributed by atoms with Crippen molar-refractivity contribution in [2.45, 2.75) is 19.8 Å². The Morgan fingerprint density at radius 1 is 1.03 bits per heavy atom. The van der Waals surface area contributed by atoms with E-state index in [1.807, 2.05) is 55.5 Å². The lowest BCUT2D eigenvalue weighted by Crippen LogP contribution is -2.25. The van der Waals surface area contributed by atoms with Crippen molar-refractivity contribution in [3.63, 3.8) is 0 Å². The first kappa shape index (κ1) is 21.6. The Bertz CT molecular complexity index is 948. The highest BCUT2D eigenvalue weighted by Gasteiger charge is 2.21. The van der Waals surface area contributed by atoms with Crippen LogP contribution in [0.15, 0.2) is 48.5 Å². The largest absolute Gasteiger partial charge is 0.494 e. The molecule has 0 bridgehead atoms. The van der Waals surface area contributed by atoms with Crippen LogP contribution in [0.2, 0.25) is 0 Å². The van der Waals surface area contributed by atoms with Crippen molar-refractivity contribution in [2.75, 3.05) is 32.8 Å². The Morgan fingerprint density at radius 3 is 2.48 bits per heavy atom. The molecule has 154 valence electrons. The van der Waals surface area contributed by atoms with Crippen LogP contribution in [0.4, 0.5) is 0 Å². The maximum atomic E-state index is 13.2. The average Bonchev–Trinajstić information content (AvgIpc) is 3.37. The summed E-state index contributed by atoms with van der Waals surface area (Å²) in [5.41, 5.74) is 0.652. The predicted molar refractivity (Wildman–Crippen MR) is 121 cm³/mol. The monoisotopic (exact) mass is 431 g/mol. The van der Waals surface area contributed by atoms with Gasteiger partial charge in [-0.15, -0.1) is 23.7 Å². The van der Waals surface area contributed by atoms with E-state index in [1.54, 1.807) is 0 Å². The number of carbonyl (C=O) groups is 1. The summed E-state index contributed by atoms with van der Waals surface area (Å²) in [6.45, 7) is 6.35. The number of halogens is 1. The lowest BCUT2D eigenvalue weighted by Gasteiger charge is -2.15. The minimum atomic E-state index is 0. The van der Waals surface area contributed by atoms with Crippen molar-refractivity contribution in [2.24, 2.45) is 0 Å². The summed E-state index contributed by atoms with van der Waals surface area (Å²) in [5, 5.41) is 1.02. The molecule has 0 atom stereocenters. The number of hydrogen-bond acceptors (Lipinski definition) is 5. The van der Waals surface area contributed by atoms with Crippen molar-refractivity contribution in [3.05, 3.63) is 59.0 Å². The summed E-state index contributed by atoms with van der Waals surface area (Å²) < 4.78 is 12.7. The summed E-state index contributed by atoms with van der Waals surface area (Å²) in [4.78, 5) is 16.3. The molecule has 0 saturated carbocycles. The fraction of sp³-hybridized carbons (Fsp3) is 0.348. The van der Waals surface area contributed by atoms with Gasteiger partial charge in [0.2, 0.25) is 5.78 Å². The van der Waals surface area contributed by atoms with Gasteiger partial charge in [0.05, 0.1) is 6.61 Å². The first-order valence-electron chi connectivity index (χ1n) is 9.90. The molecule has 0 amide bonds. The van der Waals surface area contributed by atoms with Crippen molar-refractivity contribution >= 4 is 39.6 Å². The van der Waals surface area contributed by atoms with Gasteiger partial charge in [-0.1, -0.05) is 12.1 Å². The number of ether oxygens (including phenoxy) is 2. The van der Waals surface area contributed by atoms with Gasteiger partial charge < -0.3 is 9.47 Å². The quantitative estimate of drug-likeness (QED) is 0.446. The number of likely N-dealkylation sites (tertiary alicyclic amines) is 1. The van der Waals surface area contributed by atoms with Crippen LogP contribution in [0, 0.1) is 0 Å². The molecule has 1 aromatic heterocycles. The predicted octanol–water partition coefficient (Wildman–Crippen LogP) is 5.43. The molecule has 2 aromatic carbocycles. The summed E-state index contributed by atoms with van der Waals surface area (Å²) in [6.07, 6.45) is 2.53. The fourth-order valence-corrected chi connectivity index (χ4v) is 4.71. The molecule has 0 radical (unpaired) electrons. The molecule has 0 unspecified atom stereocenters. The van der Waals surface area contributed by atoms with Crippen LogP contribution in [-0.4, -0.2) is 43.5 Å². The number of hydrogen-bond donors (Lipinski definition) is 0. The standard InChI is InChI=1S/C23H25NO3S.ClH/c1-2-26-18-11-9-17(10-12-18)21(25)23-22(19-7-3-4-8-20(19)28-23)27-16-15-24-13-5-6-14-24;/h3-4,7-12H,2,5-6,13-16H2,1H3;1H. The topological polar surface area (TPSA) is 38.8 Å². The smallest absolute Gasteiger partial charge is 0.206 e. The molecule has 0 aliphatic carbocycles. The molecule has 1 aliphatic heterocycles. The number of carbonyl (C=O) groups excluding carboxylic acids is 1. The van der Waals surface area contributed by atoms with E-state index in [0.29, 0.717) is 23.7 Å². The van der Waals surface area contributed by atoms with E-state index < -0.39 is 0 Å². The van der Waals surface area contributed by atoms with Crippen LogP contribution in [0.25, 0.3) is 10.1 Å². The second-order valence-electron chi connectivity index (χ2n) is 6.94. The lowest BCUT2D eigenvalue weighted by molar-refractivity contribution is 0.103. The molecule has 1 aliphatic rings. The summed E-state index contributed by atoms with van der Waals surface area (Å²) >= 11 is 1.50. The summed E-state index contributed by atoms with van der Waals surface area (Å²) in [7, 11) is 0. The fourth-order valence-electron chi connectivity index (χ4n) is 3.60. The van der Waals surface area contributed by atoms with Crippen LogP contribution in [-0.2, 0) is 0 Å². The maximum absolute atomic E-state index is 13.2. The second-order valence-corrected chi connectivity index (χ2v) is 7.99. The molecule has 0 spiro atoms. The van der Waals surface area contributed by atoms with Gasteiger partial charge in [0, 0.05) is 22.2 Å². The van der Waals surface area contributed by atoms with E-state index in [9.17, 15) is 4.79 Å². The van der Waals surface area contributed by atoms with Gasteiger partial charge in [0.15, 0.2) is 0 Å². The Kier molecular flexibility index (Phi) is 7.53. The number of thiophene rings is 1. The first-order chi connectivity index (χ1) is 13.8. The average molecular weight is 432 g/mol. The van der Waals surface area contributed by atoms with Crippen molar-refractivity contribution in [1.29, 1.82) is 0 Å². The van der Waals surface area contributed by atoms with Gasteiger partial charge in [-0.2, -0.15) is 0 Å². The Morgan fingerprint density at radius 2 is 1.76 bits per heavy atom. The van der Waals surface area contributed by atoms with E-state index >= 15 is 0 Å². The molecular weight excluding hydrogens is 406 g/mol. The Balaban J connectivity index is 0.00000240. The number of rotatable bonds is 8. The van der Waals surface area contributed by atoms with Crippen LogP contribution in [0.3, 0.4) is 0 Å². The molecule has 4 rings (SSSR count). The van der Waals surface area contributed by atoms with E-state index in [-0.39, 0.29) is 18.2 Å². The molecule has 29 heavy (non-hydrogen) atoms. The highest BCUT2D eigenvalue weighted by atomic mass is 35.5. The van der Waals surface area contributed by atoms with Crippen molar-refractivity contribution < 1.29 is 14.3 Å². The lowest BCUT2D eigenvalue weighted by atomic mass is 10.1. The third-order valence-corrected chi connectivity index (χ3v) is 6.19. The van der Waals surface area contributed by atoms with E-state index in [2.05, 4.69) is 4.90 Å². The minimum Gasteiger partial charge on any atom is -0.494 e. The van der Waals surface area contributed by atoms with Gasteiger partial charge in [0.1, 0.15) is 23.0 Å². The third-order valence-electron chi connectivity index (χ3n) is 5.04. The molecule has 6 heteroatoms. The van der Waals surface area contributed by atoms with Crippen LogP contribution in [0.5, 0.6) is 11.5 Å². The molecule has 0 N–H and O–H groups in total. The number of benzene rings is 2. The van der Waals surface area contributed by atoms with Gasteiger partial charge in [0.25, 0.3) is 0 Å². The molecule has 2 heterocycles. The number of fused-ring (bicyclic) bond motifs is 1. The van der Waals surface area contributed by atoms with Crippen LogP contribution >= 0.6 is 23.7 Å². The molecule has 3 aromatic rings. The highest BCUT2D eigenvalue weighted by Crippen LogP contribution is 2.39. The Labute approximate surface area is 181 Å². The van der Waals surface area contributed by atoms with Crippen LogP contribution in [0.1, 0.15) is 35.0 Å². The summed E-state index contributed by atoms with van der Waals surface area (Å²) in [6, 6.07) is 15.4. The number of nitrogens with zero attached hydrogens (tertiary/aromatic N) is 1. The van der Waals surface area contributed by atoms with Gasteiger partial charge in [-0.05, 0) is 69.3 Å². The number of ketones is 1. The first-order valence-corrected chi connectivity index (χ1v) is 10.7. The zero-order valence-electron chi connectivity index (χ0n) is 16.6. The van der Waals surface area contributed by atoms with Gasteiger partial charge >= 0.3 is 0 Å². The van der Waals surface area contributed by atoms with E-state index in [0.717, 1.165) is 41.2 Å². The van der Waals surface area contributed by atoms with Crippen molar-refractivity contribution in [1.82, 2.24) is 4.90 Å². The zero-order chi connectivity index (χ0) is 19.3. The van der Waals surface area contributed by atoms with Gasteiger partial charge in [-0.3, -0.25) is 9.69 Å². The molecule has 1 fully saturated rings. The zero-order valence-corrected chi connectivity index (χ0v) is 18.2. The maximum Gasteiger partial charge on any atom is 0.206 e. The van der Waals surface area contributed by atoms with E-state index in [4.69, 9.17) is 9.47 Å². The van der Waals surface area contributed by atoms with E-state index in [1.165, 1.54) is 24.2 Å². The summed E-state index contributed by atoms with van der Waals surface area (Å²) in [5.74, 6) is 1.50. The second kappa shape index (κ2) is 10.1.